The molecule has 0 heterocycles. The number of ketones is 1. The van der Waals surface area contributed by atoms with Gasteiger partial charge in [-0.1, -0.05) is 6.92 Å². The smallest absolute Gasteiger partial charge is 0.163 e. The topological polar surface area (TPSA) is 35.5 Å². The molecular weight excluding hydrogens is 180 g/mol. The van der Waals surface area contributed by atoms with Gasteiger partial charge in [-0.2, -0.15) is 0 Å². The van der Waals surface area contributed by atoms with Gasteiger partial charge in [0.05, 0.1) is 11.7 Å². The Morgan fingerprint density at radius 2 is 1.79 bits per heavy atom. The SMILES string of the molecule is COCC(=O)[C@@H](C)[C@@H](C)OC(C)(C)C. The molecule has 14 heavy (non-hydrogen) atoms. The fourth-order valence-corrected chi connectivity index (χ4v) is 1.20. The Morgan fingerprint density at radius 1 is 1.29 bits per heavy atom. The monoisotopic (exact) mass is 202 g/mol. The highest BCUT2D eigenvalue weighted by molar-refractivity contribution is 5.82. The van der Waals surface area contributed by atoms with Gasteiger partial charge >= 0.3 is 0 Å². The molecule has 0 spiro atoms. The molecule has 3 nitrogen and oxygen atoms in total. The molecule has 0 aliphatic heterocycles. The van der Waals surface area contributed by atoms with E-state index in [4.69, 9.17) is 9.47 Å². The van der Waals surface area contributed by atoms with E-state index in [1.165, 1.54) is 7.11 Å². The number of rotatable bonds is 5. The summed E-state index contributed by atoms with van der Waals surface area (Å²) in [6.45, 7) is 9.91. The van der Waals surface area contributed by atoms with Gasteiger partial charge in [0.1, 0.15) is 6.61 Å². The lowest BCUT2D eigenvalue weighted by molar-refractivity contribution is -0.135. The van der Waals surface area contributed by atoms with Crippen molar-refractivity contribution in [2.45, 2.75) is 46.3 Å². The Labute approximate surface area is 86.8 Å². The number of methoxy groups -OCH3 is 1. The summed E-state index contributed by atoms with van der Waals surface area (Å²) in [5, 5.41) is 0. The van der Waals surface area contributed by atoms with Crippen LogP contribution in [0.5, 0.6) is 0 Å². The van der Waals surface area contributed by atoms with E-state index in [0.717, 1.165) is 0 Å². The van der Waals surface area contributed by atoms with E-state index < -0.39 is 0 Å². The van der Waals surface area contributed by atoms with Crippen LogP contribution in [0.3, 0.4) is 0 Å². The first-order valence-corrected chi connectivity index (χ1v) is 4.97. The molecular formula is C11H22O3. The Morgan fingerprint density at radius 3 is 2.14 bits per heavy atom. The van der Waals surface area contributed by atoms with Crippen LogP contribution in [-0.4, -0.2) is 31.2 Å². The summed E-state index contributed by atoms with van der Waals surface area (Å²) in [7, 11) is 1.53. The lowest BCUT2D eigenvalue weighted by atomic mass is 10.0. The summed E-state index contributed by atoms with van der Waals surface area (Å²) in [6.07, 6.45) is -0.0716. The fourth-order valence-electron chi connectivity index (χ4n) is 1.20. The first kappa shape index (κ1) is 13.6. The molecule has 0 saturated heterocycles. The molecule has 3 heteroatoms. The Hall–Kier alpha value is -0.410. The highest BCUT2D eigenvalue weighted by Crippen LogP contribution is 2.17. The maximum atomic E-state index is 11.5. The van der Waals surface area contributed by atoms with Gasteiger partial charge in [0.15, 0.2) is 5.78 Å². The van der Waals surface area contributed by atoms with Crippen LogP contribution in [0.2, 0.25) is 0 Å². The number of carbonyl (C=O) groups is 1. The lowest BCUT2D eigenvalue weighted by Gasteiger charge is -2.28. The van der Waals surface area contributed by atoms with Crippen LogP contribution < -0.4 is 0 Å². The molecule has 0 amide bonds. The van der Waals surface area contributed by atoms with Crippen molar-refractivity contribution in [3.8, 4) is 0 Å². The van der Waals surface area contributed by atoms with Crippen LogP contribution in [0.25, 0.3) is 0 Å². The lowest BCUT2D eigenvalue weighted by Crippen LogP contribution is -2.34. The Balaban J connectivity index is 4.11. The largest absolute Gasteiger partial charge is 0.377 e. The highest BCUT2D eigenvalue weighted by Gasteiger charge is 2.24. The van der Waals surface area contributed by atoms with Crippen molar-refractivity contribution in [3.63, 3.8) is 0 Å². The van der Waals surface area contributed by atoms with Crippen molar-refractivity contribution >= 4 is 5.78 Å². The molecule has 0 unspecified atom stereocenters. The second kappa shape index (κ2) is 5.47. The van der Waals surface area contributed by atoms with Gasteiger partial charge < -0.3 is 9.47 Å². The summed E-state index contributed by atoms with van der Waals surface area (Å²) in [5.41, 5.74) is -0.207. The minimum atomic E-state index is -0.207. The number of hydrogen-bond donors (Lipinski definition) is 0. The Kier molecular flexibility index (Phi) is 5.31. The molecule has 0 aliphatic rings. The van der Waals surface area contributed by atoms with Crippen molar-refractivity contribution < 1.29 is 14.3 Å². The van der Waals surface area contributed by atoms with Gasteiger partial charge in [0, 0.05) is 13.0 Å². The zero-order valence-corrected chi connectivity index (χ0v) is 10.1. The van der Waals surface area contributed by atoms with E-state index in [-0.39, 0.29) is 30.0 Å². The van der Waals surface area contributed by atoms with E-state index in [1.54, 1.807) is 0 Å². The van der Waals surface area contributed by atoms with Crippen LogP contribution in [0.1, 0.15) is 34.6 Å². The number of hydrogen-bond acceptors (Lipinski definition) is 3. The molecule has 0 N–H and O–H groups in total. The molecule has 0 aliphatic carbocycles. The quantitative estimate of drug-likeness (QED) is 0.684. The molecule has 0 aromatic carbocycles. The highest BCUT2D eigenvalue weighted by atomic mass is 16.5. The first-order chi connectivity index (χ1) is 6.28. The number of carbonyl (C=O) groups excluding carboxylic acids is 1. The predicted molar refractivity (Wildman–Crippen MR) is 56.3 cm³/mol. The van der Waals surface area contributed by atoms with Gasteiger partial charge in [0.2, 0.25) is 0 Å². The number of Topliss-reactive ketones (excluding diaryl/α,β-unsaturated/α-hetero) is 1. The molecule has 0 saturated carbocycles. The molecule has 0 rings (SSSR count). The second-order valence-corrected chi connectivity index (χ2v) is 4.62. The zero-order chi connectivity index (χ0) is 11.4. The summed E-state index contributed by atoms with van der Waals surface area (Å²) < 4.78 is 10.5. The second-order valence-electron chi connectivity index (χ2n) is 4.62. The van der Waals surface area contributed by atoms with Crippen LogP contribution >= 0.6 is 0 Å². The maximum Gasteiger partial charge on any atom is 0.163 e. The molecule has 2 atom stereocenters. The number of ether oxygens (including phenoxy) is 2. The third-order valence-electron chi connectivity index (χ3n) is 2.04. The van der Waals surface area contributed by atoms with Gasteiger partial charge in [-0.3, -0.25) is 4.79 Å². The van der Waals surface area contributed by atoms with Gasteiger partial charge in [0.25, 0.3) is 0 Å². The summed E-state index contributed by atoms with van der Waals surface area (Å²) in [5.74, 6) is -0.0292. The van der Waals surface area contributed by atoms with Crippen molar-refractivity contribution in [2.24, 2.45) is 5.92 Å². The van der Waals surface area contributed by atoms with E-state index in [9.17, 15) is 4.79 Å². The van der Waals surface area contributed by atoms with E-state index in [1.807, 2.05) is 34.6 Å². The average molecular weight is 202 g/mol. The minimum Gasteiger partial charge on any atom is -0.377 e. The molecule has 0 bridgehead atoms. The van der Waals surface area contributed by atoms with Crippen molar-refractivity contribution in [1.29, 1.82) is 0 Å². The maximum absolute atomic E-state index is 11.5. The summed E-state index contributed by atoms with van der Waals surface area (Å²) >= 11 is 0. The minimum absolute atomic E-state index is 0.0716. The van der Waals surface area contributed by atoms with Crippen molar-refractivity contribution in [3.05, 3.63) is 0 Å². The van der Waals surface area contributed by atoms with Crippen LogP contribution in [0.4, 0.5) is 0 Å². The fraction of sp³-hybridized carbons (Fsp3) is 0.909. The van der Waals surface area contributed by atoms with E-state index >= 15 is 0 Å². The van der Waals surface area contributed by atoms with Crippen molar-refractivity contribution in [1.82, 2.24) is 0 Å². The predicted octanol–water partition coefficient (Wildman–Crippen LogP) is 2.04. The third kappa shape index (κ3) is 5.35. The summed E-state index contributed by atoms with van der Waals surface area (Å²) in [4.78, 5) is 11.5. The van der Waals surface area contributed by atoms with Crippen LogP contribution in [0.15, 0.2) is 0 Å². The van der Waals surface area contributed by atoms with Crippen LogP contribution in [0, 0.1) is 5.92 Å². The Bertz CT molecular complexity index is 181. The van der Waals surface area contributed by atoms with Gasteiger partial charge in [-0.25, -0.2) is 0 Å². The standard InChI is InChI=1S/C11H22O3/c1-8(10(12)7-13-6)9(2)14-11(3,4)5/h8-9H,7H2,1-6H3/t8-,9+/m0/s1. The van der Waals surface area contributed by atoms with E-state index in [2.05, 4.69) is 0 Å². The third-order valence-corrected chi connectivity index (χ3v) is 2.04. The van der Waals surface area contributed by atoms with Gasteiger partial charge in [-0.05, 0) is 27.7 Å². The molecule has 0 aromatic rings. The zero-order valence-electron chi connectivity index (χ0n) is 10.1. The summed E-state index contributed by atoms with van der Waals surface area (Å²) in [6, 6.07) is 0. The van der Waals surface area contributed by atoms with Crippen molar-refractivity contribution in [2.75, 3.05) is 13.7 Å². The molecule has 0 aromatic heterocycles. The first-order valence-electron chi connectivity index (χ1n) is 4.97. The van der Waals surface area contributed by atoms with Gasteiger partial charge in [-0.15, -0.1) is 0 Å². The van der Waals surface area contributed by atoms with E-state index in [0.29, 0.717) is 0 Å². The molecule has 0 radical (unpaired) electrons. The normalized spacial score (nSPS) is 16.4. The molecule has 0 fully saturated rings. The average Bonchev–Trinajstić information content (AvgIpc) is 2.00. The molecule has 84 valence electrons. The van der Waals surface area contributed by atoms with Crippen LogP contribution in [-0.2, 0) is 14.3 Å².